The van der Waals surface area contributed by atoms with E-state index in [1.54, 1.807) is 18.2 Å². The average Bonchev–Trinajstić information content (AvgIpc) is 2.50. The molecule has 0 saturated heterocycles. The first-order chi connectivity index (χ1) is 7.15. The summed E-state index contributed by atoms with van der Waals surface area (Å²) in [5.41, 5.74) is 0. The SMILES string of the molecule is Cn1cccc1Oc1cc(Cl)cc(Cl)c1. The van der Waals surface area contributed by atoms with Crippen LogP contribution in [0.15, 0.2) is 36.5 Å². The number of aryl methyl sites for hydroxylation is 1. The molecule has 0 aliphatic rings. The lowest BCUT2D eigenvalue weighted by molar-refractivity contribution is 0.443. The van der Waals surface area contributed by atoms with Gasteiger partial charge in [-0.3, -0.25) is 0 Å². The van der Waals surface area contributed by atoms with E-state index in [1.807, 2.05) is 29.9 Å². The molecule has 0 saturated carbocycles. The van der Waals surface area contributed by atoms with Crippen molar-refractivity contribution < 1.29 is 4.74 Å². The Bertz CT molecular complexity index is 459. The summed E-state index contributed by atoms with van der Waals surface area (Å²) in [6.45, 7) is 0. The van der Waals surface area contributed by atoms with Crippen molar-refractivity contribution in [3.63, 3.8) is 0 Å². The third-order valence-corrected chi connectivity index (χ3v) is 2.39. The van der Waals surface area contributed by atoms with E-state index in [1.165, 1.54) is 0 Å². The third kappa shape index (κ3) is 2.46. The molecule has 1 aromatic carbocycles. The van der Waals surface area contributed by atoms with Crippen LogP contribution >= 0.6 is 23.2 Å². The van der Waals surface area contributed by atoms with Crippen molar-refractivity contribution in [3.8, 4) is 11.6 Å². The molecule has 15 heavy (non-hydrogen) atoms. The molecule has 0 unspecified atom stereocenters. The lowest BCUT2D eigenvalue weighted by atomic mass is 10.3. The predicted molar refractivity (Wildman–Crippen MR) is 61.9 cm³/mol. The van der Waals surface area contributed by atoms with Gasteiger partial charge in [0, 0.05) is 29.4 Å². The Balaban J connectivity index is 2.28. The van der Waals surface area contributed by atoms with Crippen molar-refractivity contribution in [1.29, 1.82) is 0 Å². The maximum atomic E-state index is 5.86. The molecule has 1 heterocycles. The fraction of sp³-hybridized carbons (Fsp3) is 0.0909. The van der Waals surface area contributed by atoms with Crippen LogP contribution in [0.1, 0.15) is 0 Å². The van der Waals surface area contributed by atoms with Crippen molar-refractivity contribution in [2.24, 2.45) is 7.05 Å². The summed E-state index contributed by atoms with van der Waals surface area (Å²) < 4.78 is 7.47. The van der Waals surface area contributed by atoms with E-state index < -0.39 is 0 Å². The van der Waals surface area contributed by atoms with Crippen LogP contribution in [0.3, 0.4) is 0 Å². The molecule has 1 aromatic heterocycles. The number of nitrogens with zero attached hydrogens (tertiary/aromatic N) is 1. The van der Waals surface area contributed by atoms with Crippen molar-refractivity contribution >= 4 is 23.2 Å². The molecule has 0 spiro atoms. The molecule has 0 atom stereocenters. The van der Waals surface area contributed by atoms with Crippen LogP contribution in [-0.4, -0.2) is 4.57 Å². The van der Waals surface area contributed by atoms with Gasteiger partial charge in [-0.1, -0.05) is 23.2 Å². The highest BCUT2D eigenvalue weighted by molar-refractivity contribution is 6.34. The highest BCUT2D eigenvalue weighted by atomic mass is 35.5. The maximum absolute atomic E-state index is 5.86. The molecule has 0 aliphatic carbocycles. The number of hydrogen-bond donors (Lipinski definition) is 0. The van der Waals surface area contributed by atoms with E-state index in [-0.39, 0.29) is 0 Å². The first-order valence-corrected chi connectivity index (χ1v) is 5.16. The topological polar surface area (TPSA) is 14.2 Å². The minimum absolute atomic E-state index is 0.562. The summed E-state index contributed by atoms with van der Waals surface area (Å²) in [6.07, 6.45) is 1.90. The normalized spacial score (nSPS) is 10.3. The Kier molecular flexibility index (Phi) is 2.89. The Morgan fingerprint density at radius 1 is 1.13 bits per heavy atom. The molecular formula is C11H9Cl2NO. The van der Waals surface area contributed by atoms with E-state index in [4.69, 9.17) is 27.9 Å². The number of halogens is 2. The van der Waals surface area contributed by atoms with E-state index in [9.17, 15) is 0 Å². The molecule has 0 radical (unpaired) electrons. The number of aromatic nitrogens is 1. The quantitative estimate of drug-likeness (QED) is 0.772. The van der Waals surface area contributed by atoms with Crippen LogP contribution in [0.25, 0.3) is 0 Å². The Morgan fingerprint density at radius 3 is 2.33 bits per heavy atom. The van der Waals surface area contributed by atoms with Crippen molar-refractivity contribution in [1.82, 2.24) is 4.57 Å². The second-order valence-electron chi connectivity index (χ2n) is 3.16. The van der Waals surface area contributed by atoms with Crippen LogP contribution in [0, 0.1) is 0 Å². The van der Waals surface area contributed by atoms with Gasteiger partial charge in [-0.15, -0.1) is 0 Å². The molecule has 2 aromatic rings. The standard InChI is InChI=1S/C11H9Cl2NO/c1-14-4-2-3-11(14)15-10-6-8(12)5-9(13)7-10/h2-7H,1H3. The fourth-order valence-electron chi connectivity index (χ4n) is 1.26. The van der Waals surface area contributed by atoms with Gasteiger partial charge in [-0.25, -0.2) is 0 Å². The average molecular weight is 242 g/mol. The monoisotopic (exact) mass is 241 g/mol. The van der Waals surface area contributed by atoms with Gasteiger partial charge in [-0.2, -0.15) is 0 Å². The molecule has 2 nitrogen and oxygen atoms in total. The minimum Gasteiger partial charge on any atom is -0.441 e. The van der Waals surface area contributed by atoms with E-state index in [0.29, 0.717) is 15.8 Å². The molecule has 78 valence electrons. The number of benzene rings is 1. The second-order valence-corrected chi connectivity index (χ2v) is 4.04. The van der Waals surface area contributed by atoms with Gasteiger partial charge in [0.2, 0.25) is 0 Å². The van der Waals surface area contributed by atoms with Gasteiger partial charge in [-0.05, 0) is 24.3 Å². The summed E-state index contributed by atoms with van der Waals surface area (Å²) in [5.74, 6) is 1.38. The Hall–Kier alpha value is -1.12. The first kappa shape index (κ1) is 10.4. The zero-order valence-electron chi connectivity index (χ0n) is 8.08. The molecule has 0 N–H and O–H groups in total. The maximum Gasteiger partial charge on any atom is 0.199 e. The molecule has 0 bridgehead atoms. The number of hydrogen-bond acceptors (Lipinski definition) is 1. The van der Waals surface area contributed by atoms with Crippen LogP contribution < -0.4 is 4.74 Å². The smallest absolute Gasteiger partial charge is 0.199 e. The van der Waals surface area contributed by atoms with Gasteiger partial charge >= 0.3 is 0 Å². The molecule has 0 fully saturated rings. The van der Waals surface area contributed by atoms with Gasteiger partial charge in [0.15, 0.2) is 5.88 Å². The second kappa shape index (κ2) is 4.17. The zero-order chi connectivity index (χ0) is 10.8. The van der Waals surface area contributed by atoms with Crippen LogP contribution in [0.2, 0.25) is 10.0 Å². The third-order valence-electron chi connectivity index (χ3n) is 1.95. The lowest BCUT2D eigenvalue weighted by Crippen LogP contribution is -1.91. The van der Waals surface area contributed by atoms with Crippen LogP contribution in [-0.2, 0) is 7.05 Å². The lowest BCUT2D eigenvalue weighted by Gasteiger charge is -2.07. The number of rotatable bonds is 2. The largest absolute Gasteiger partial charge is 0.441 e. The molecular weight excluding hydrogens is 233 g/mol. The first-order valence-electron chi connectivity index (χ1n) is 4.40. The highest BCUT2D eigenvalue weighted by Crippen LogP contribution is 2.28. The zero-order valence-corrected chi connectivity index (χ0v) is 9.59. The van der Waals surface area contributed by atoms with Gasteiger partial charge in [0.25, 0.3) is 0 Å². The Morgan fingerprint density at radius 2 is 1.80 bits per heavy atom. The molecule has 2 rings (SSSR count). The van der Waals surface area contributed by atoms with E-state index >= 15 is 0 Å². The summed E-state index contributed by atoms with van der Waals surface area (Å²) in [5, 5.41) is 1.12. The predicted octanol–water partition coefficient (Wildman–Crippen LogP) is 4.12. The molecule has 0 aliphatic heterocycles. The summed E-state index contributed by atoms with van der Waals surface area (Å²) in [7, 11) is 1.90. The highest BCUT2D eigenvalue weighted by Gasteiger charge is 2.02. The summed E-state index contributed by atoms with van der Waals surface area (Å²) in [6, 6.07) is 8.89. The molecule has 0 amide bonds. The summed E-state index contributed by atoms with van der Waals surface area (Å²) >= 11 is 11.7. The Labute approximate surface area is 98.0 Å². The molecule has 4 heteroatoms. The van der Waals surface area contributed by atoms with Gasteiger partial charge in [0.05, 0.1) is 0 Å². The summed E-state index contributed by atoms with van der Waals surface area (Å²) in [4.78, 5) is 0. The number of ether oxygens (including phenoxy) is 1. The minimum atomic E-state index is 0.562. The van der Waals surface area contributed by atoms with Crippen molar-refractivity contribution in [2.45, 2.75) is 0 Å². The van der Waals surface area contributed by atoms with Crippen molar-refractivity contribution in [2.75, 3.05) is 0 Å². The van der Waals surface area contributed by atoms with Crippen LogP contribution in [0.5, 0.6) is 11.6 Å². The van der Waals surface area contributed by atoms with Gasteiger partial charge < -0.3 is 9.30 Å². The van der Waals surface area contributed by atoms with E-state index in [2.05, 4.69) is 0 Å². The van der Waals surface area contributed by atoms with Gasteiger partial charge in [0.1, 0.15) is 5.75 Å². The van der Waals surface area contributed by atoms with Crippen LogP contribution in [0.4, 0.5) is 0 Å². The van der Waals surface area contributed by atoms with E-state index in [0.717, 1.165) is 5.88 Å². The van der Waals surface area contributed by atoms with Crippen molar-refractivity contribution in [3.05, 3.63) is 46.6 Å². The fourth-order valence-corrected chi connectivity index (χ4v) is 1.77.